The maximum absolute atomic E-state index is 6.41. The van der Waals surface area contributed by atoms with Crippen molar-refractivity contribution >= 4 is 40.2 Å². The Labute approximate surface area is 163 Å². The van der Waals surface area contributed by atoms with Gasteiger partial charge in [0.2, 0.25) is 5.95 Å². The van der Waals surface area contributed by atoms with Crippen LogP contribution in [0.2, 0.25) is 10.0 Å². The van der Waals surface area contributed by atoms with E-state index >= 15 is 0 Å². The maximum atomic E-state index is 6.41. The predicted molar refractivity (Wildman–Crippen MR) is 109 cm³/mol. The smallest absolute Gasteiger partial charge is 0.204 e. The number of nitrogens with two attached hydrogens (primary N) is 1. The Balaban J connectivity index is 1.74. The minimum atomic E-state index is 0.154. The van der Waals surface area contributed by atoms with Crippen molar-refractivity contribution in [1.82, 2.24) is 9.55 Å². The highest BCUT2D eigenvalue weighted by Gasteiger charge is 2.24. The van der Waals surface area contributed by atoms with E-state index in [9.17, 15) is 0 Å². The number of para-hydroxylation sites is 2. The van der Waals surface area contributed by atoms with Gasteiger partial charge in [0, 0.05) is 27.7 Å². The van der Waals surface area contributed by atoms with Gasteiger partial charge in [0.1, 0.15) is 0 Å². The van der Waals surface area contributed by atoms with Gasteiger partial charge in [0.05, 0.1) is 17.6 Å². The van der Waals surface area contributed by atoms with E-state index in [2.05, 4.69) is 16.0 Å². The first-order valence-electron chi connectivity index (χ1n) is 9.04. The topological polar surface area (TPSA) is 55.9 Å². The Morgan fingerprint density at radius 1 is 1.04 bits per heavy atom. The molecule has 3 aromatic rings. The highest BCUT2D eigenvalue weighted by molar-refractivity contribution is 6.36. The first-order chi connectivity index (χ1) is 12.6. The van der Waals surface area contributed by atoms with Crippen LogP contribution in [0.25, 0.3) is 11.0 Å². The highest BCUT2D eigenvalue weighted by atomic mass is 35.5. The number of aromatic nitrogens is 2. The van der Waals surface area contributed by atoms with Crippen molar-refractivity contribution in [3.05, 3.63) is 58.1 Å². The van der Waals surface area contributed by atoms with Crippen LogP contribution in [-0.4, -0.2) is 21.6 Å². The third-order valence-electron chi connectivity index (χ3n) is 5.17. The van der Waals surface area contributed by atoms with Crippen LogP contribution < -0.4 is 11.1 Å². The normalized spacial score (nSPS) is 20.4. The molecule has 0 amide bonds. The second-order valence-corrected chi connectivity index (χ2v) is 7.72. The Bertz CT molecular complexity index is 901. The summed E-state index contributed by atoms with van der Waals surface area (Å²) in [5.41, 5.74) is 9.23. The molecule has 1 heterocycles. The number of rotatable bonds is 4. The standard InChI is InChI=1S/C20H22Cl2N4/c21-14-6-5-7-15(22)13(14)12-26-19-11-4-3-10-18(19)25-20(26)24-17-9-2-1-8-16(17)23/h3-7,10-11,16-17H,1-2,8-9,12,23H2,(H,24,25)/t16-,17+/m1/s1. The quantitative estimate of drug-likeness (QED) is 0.655. The van der Waals surface area contributed by atoms with Gasteiger partial charge in [-0.3, -0.25) is 0 Å². The molecule has 1 aliphatic rings. The van der Waals surface area contributed by atoms with E-state index in [1.54, 1.807) is 0 Å². The molecule has 4 rings (SSSR count). The molecule has 4 nitrogen and oxygen atoms in total. The van der Waals surface area contributed by atoms with Gasteiger partial charge in [-0.25, -0.2) is 4.98 Å². The van der Waals surface area contributed by atoms with Crippen LogP contribution in [0.5, 0.6) is 0 Å². The van der Waals surface area contributed by atoms with Crippen molar-refractivity contribution in [2.45, 2.75) is 44.3 Å². The van der Waals surface area contributed by atoms with Crippen LogP contribution in [0.3, 0.4) is 0 Å². The molecule has 1 aromatic heterocycles. The van der Waals surface area contributed by atoms with Gasteiger partial charge in [0.25, 0.3) is 0 Å². The molecule has 1 aliphatic carbocycles. The third kappa shape index (κ3) is 3.41. The molecule has 3 N–H and O–H groups in total. The summed E-state index contributed by atoms with van der Waals surface area (Å²) in [7, 11) is 0. The lowest BCUT2D eigenvalue weighted by molar-refractivity contribution is 0.401. The average molecular weight is 389 g/mol. The summed E-state index contributed by atoms with van der Waals surface area (Å²) < 4.78 is 2.14. The third-order valence-corrected chi connectivity index (χ3v) is 5.87. The van der Waals surface area contributed by atoms with E-state index in [1.807, 2.05) is 36.4 Å². The van der Waals surface area contributed by atoms with E-state index in [1.165, 1.54) is 12.8 Å². The summed E-state index contributed by atoms with van der Waals surface area (Å²) in [6, 6.07) is 14.1. The van der Waals surface area contributed by atoms with Crippen LogP contribution in [-0.2, 0) is 6.54 Å². The number of nitrogens with zero attached hydrogens (tertiary/aromatic N) is 2. The molecule has 0 bridgehead atoms. The first-order valence-corrected chi connectivity index (χ1v) is 9.79. The van der Waals surface area contributed by atoms with Crippen LogP contribution in [0.4, 0.5) is 5.95 Å². The fourth-order valence-corrected chi connectivity index (χ4v) is 4.21. The van der Waals surface area contributed by atoms with Crippen LogP contribution in [0.1, 0.15) is 31.2 Å². The Kier molecular flexibility index (Phi) is 5.07. The van der Waals surface area contributed by atoms with Gasteiger partial charge < -0.3 is 15.6 Å². The molecule has 6 heteroatoms. The minimum absolute atomic E-state index is 0.154. The highest BCUT2D eigenvalue weighted by Crippen LogP contribution is 2.30. The predicted octanol–water partition coefficient (Wildman–Crippen LogP) is 5.07. The lowest BCUT2D eigenvalue weighted by Gasteiger charge is -2.30. The molecule has 1 saturated carbocycles. The summed E-state index contributed by atoms with van der Waals surface area (Å²) in [5, 5.41) is 4.91. The number of imidazole rings is 1. The van der Waals surface area contributed by atoms with Crippen molar-refractivity contribution < 1.29 is 0 Å². The van der Waals surface area contributed by atoms with E-state index in [0.717, 1.165) is 35.4 Å². The number of anilines is 1. The molecule has 0 unspecified atom stereocenters. The zero-order chi connectivity index (χ0) is 18.1. The van der Waals surface area contributed by atoms with Crippen molar-refractivity contribution in [2.75, 3.05) is 5.32 Å². The summed E-state index contributed by atoms with van der Waals surface area (Å²) in [6.07, 6.45) is 4.51. The number of halogens is 2. The first kappa shape index (κ1) is 17.7. The van der Waals surface area contributed by atoms with Crippen LogP contribution in [0, 0.1) is 0 Å². The van der Waals surface area contributed by atoms with Gasteiger partial charge in [-0.15, -0.1) is 0 Å². The van der Waals surface area contributed by atoms with E-state index in [0.29, 0.717) is 16.6 Å². The molecule has 2 aromatic carbocycles. The molecule has 0 radical (unpaired) electrons. The SMILES string of the molecule is N[C@@H]1CCCC[C@@H]1Nc1nc2ccccc2n1Cc1c(Cl)cccc1Cl. The largest absolute Gasteiger partial charge is 0.351 e. The van der Waals surface area contributed by atoms with E-state index < -0.39 is 0 Å². The van der Waals surface area contributed by atoms with Gasteiger partial charge in [0.15, 0.2) is 0 Å². The average Bonchev–Trinajstić information content (AvgIpc) is 2.97. The van der Waals surface area contributed by atoms with Gasteiger partial charge in [-0.2, -0.15) is 0 Å². The monoisotopic (exact) mass is 388 g/mol. The molecular formula is C20H22Cl2N4. The zero-order valence-electron chi connectivity index (χ0n) is 14.5. The molecule has 0 spiro atoms. The zero-order valence-corrected chi connectivity index (χ0v) is 16.0. The maximum Gasteiger partial charge on any atom is 0.204 e. The lowest BCUT2D eigenvalue weighted by atomic mass is 9.91. The van der Waals surface area contributed by atoms with Gasteiger partial charge in [-0.05, 0) is 37.1 Å². The number of hydrogen-bond donors (Lipinski definition) is 2. The summed E-state index contributed by atoms with van der Waals surface area (Å²) in [4.78, 5) is 4.81. The number of hydrogen-bond acceptors (Lipinski definition) is 3. The van der Waals surface area contributed by atoms with E-state index in [-0.39, 0.29) is 12.1 Å². The van der Waals surface area contributed by atoms with Gasteiger partial charge >= 0.3 is 0 Å². The minimum Gasteiger partial charge on any atom is -0.351 e. The Morgan fingerprint density at radius 3 is 2.54 bits per heavy atom. The van der Waals surface area contributed by atoms with Crippen LogP contribution in [0.15, 0.2) is 42.5 Å². The molecule has 26 heavy (non-hydrogen) atoms. The Hall–Kier alpha value is -1.75. The number of fused-ring (bicyclic) bond motifs is 1. The van der Waals surface area contributed by atoms with Crippen molar-refractivity contribution in [3.8, 4) is 0 Å². The summed E-state index contributed by atoms with van der Waals surface area (Å²) in [5.74, 6) is 0.824. The molecule has 1 fully saturated rings. The second kappa shape index (κ2) is 7.47. The van der Waals surface area contributed by atoms with Crippen molar-refractivity contribution in [2.24, 2.45) is 5.73 Å². The second-order valence-electron chi connectivity index (χ2n) is 6.91. The van der Waals surface area contributed by atoms with Crippen molar-refractivity contribution in [1.29, 1.82) is 0 Å². The van der Waals surface area contributed by atoms with E-state index in [4.69, 9.17) is 33.9 Å². The fourth-order valence-electron chi connectivity index (χ4n) is 3.69. The number of nitrogens with one attached hydrogen (secondary N) is 1. The van der Waals surface area contributed by atoms with Gasteiger partial charge in [-0.1, -0.05) is 54.2 Å². The fraction of sp³-hybridized carbons (Fsp3) is 0.350. The van der Waals surface area contributed by atoms with Crippen molar-refractivity contribution in [3.63, 3.8) is 0 Å². The summed E-state index contributed by atoms with van der Waals surface area (Å²) >= 11 is 12.8. The molecular weight excluding hydrogens is 367 g/mol. The molecule has 0 aliphatic heterocycles. The number of benzene rings is 2. The molecule has 136 valence electrons. The lowest BCUT2D eigenvalue weighted by Crippen LogP contribution is -2.43. The molecule has 2 atom stereocenters. The van der Waals surface area contributed by atoms with Crippen LogP contribution >= 0.6 is 23.2 Å². The Morgan fingerprint density at radius 2 is 1.77 bits per heavy atom. The molecule has 0 saturated heterocycles. The summed E-state index contributed by atoms with van der Waals surface area (Å²) in [6.45, 7) is 0.559.